The maximum Gasteiger partial charge on any atom is 0.407 e. The van der Waals surface area contributed by atoms with Gasteiger partial charge in [-0.25, -0.2) is 27.6 Å². The summed E-state index contributed by atoms with van der Waals surface area (Å²) in [6, 6.07) is 5.33. The van der Waals surface area contributed by atoms with E-state index in [1.165, 1.54) is 23.4 Å². The quantitative estimate of drug-likeness (QED) is 0.709. The van der Waals surface area contributed by atoms with Crippen molar-refractivity contribution >= 4 is 33.3 Å². The second-order valence-electron chi connectivity index (χ2n) is 7.39. The zero-order chi connectivity index (χ0) is 21.9. The number of anilines is 3. The molecule has 2 heterocycles. The van der Waals surface area contributed by atoms with Gasteiger partial charge in [-0.2, -0.15) is 0 Å². The Bertz CT molecular complexity index is 1030. The van der Waals surface area contributed by atoms with Crippen LogP contribution >= 0.6 is 0 Å². The van der Waals surface area contributed by atoms with E-state index in [-0.39, 0.29) is 10.6 Å². The minimum atomic E-state index is -3.49. The maximum absolute atomic E-state index is 14.3. The molecule has 1 amide bonds. The Balaban J connectivity index is 1.65. The van der Waals surface area contributed by atoms with Crippen LogP contribution in [-0.2, 0) is 9.84 Å². The Morgan fingerprint density at radius 2 is 2.00 bits per heavy atom. The predicted octanol–water partition coefficient (Wildman–Crippen LogP) is 2.59. The molecule has 0 bridgehead atoms. The lowest BCUT2D eigenvalue weighted by molar-refractivity contribution is 0.125. The molecule has 0 radical (unpaired) electrons. The molecule has 1 fully saturated rings. The summed E-state index contributed by atoms with van der Waals surface area (Å²) >= 11 is 0. The van der Waals surface area contributed by atoms with Gasteiger partial charge in [-0.3, -0.25) is 0 Å². The third-order valence-corrected chi connectivity index (χ3v) is 6.20. The summed E-state index contributed by atoms with van der Waals surface area (Å²) in [6.45, 7) is 1.75. The van der Waals surface area contributed by atoms with E-state index in [4.69, 9.17) is 5.11 Å². The number of carbonyl (C=O) groups is 1. The van der Waals surface area contributed by atoms with Crippen LogP contribution in [0.5, 0.6) is 0 Å². The number of rotatable bonds is 6. The molecule has 0 saturated carbocycles. The Morgan fingerprint density at radius 3 is 2.60 bits per heavy atom. The van der Waals surface area contributed by atoms with Gasteiger partial charge in [0.05, 0.1) is 10.6 Å². The summed E-state index contributed by atoms with van der Waals surface area (Å²) in [6.07, 6.45) is 3.07. The highest BCUT2D eigenvalue weighted by Crippen LogP contribution is 2.24. The van der Waals surface area contributed by atoms with Gasteiger partial charge in [0.1, 0.15) is 23.8 Å². The molecule has 0 aliphatic carbocycles. The first-order chi connectivity index (χ1) is 14.1. The van der Waals surface area contributed by atoms with Crippen molar-refractivity contribution in [1.82, 2.24) is 14.9 Å². The van der Waals surface area contributed by atoms with Gasteiger partial charge in [-0.05, 0) is 37.0 Å². The molecule has 2 N–H and O–H groups in total. The monoisotopic (exact) mass is 437 g/mol. The van der Waals surface area contributed by atoms with Crippen molar-refractivity contribution in [2.75, 3.05) is 43.2 Å². The zero-order valence-electron chi connectivity index (χ0n) is 16.7. The third kappa shape index (κ3) is 5.35. The number of carboxylic acid groups (broad SMARTS) is 1. The molecule has 2 aromatic rings. The van der Waals surface area contributed by atoms with Crippen molar-refractivity contribution in [3.8, 4) is 0 Å². The van der Waals surface area contributed by atoms with E-state index >= 15 is 0 Å². The normalized spacial score (nSPS) is 15.1. The fraction of sp³-hybridized carbons (Fsp3) is 0.421. The highest BCUT2D eigenvalue weighted by Gasteiger charge is 2.23. The van der Waals surface area contributed by atoms with Crippen LogP contribution in [0.3, 0.4) is 0 Å². The molecule has 1 aromatic heterocycles. The molecule has 30 heavy (non-hydrogen) atoms. The van der Waals surface area contributed by atoms with Crippen LogP contribution in [0.15, 0.2) is 35.5 Å². The number of aromatic nitrogens is 2. The van der Waals surface area contributed by atoms with Crippen molar-refractivity contribution in [2.45, 2.75) is 17.7 Å². The molecule has 0 atom stereocenters. The number of amides is 1. The van der Waals surface area contributed by atoms with E-state index < -0.39 is 21.7 Å². The van der Waals surface area contributed by atoms with Gasteiger partial charge in [-0.1, -0.05) is 0 Å². The fourth-order valence-electron chi connectivity index (χ4n) is 3.38. The topological polar surface area (TPSA) is 116 Å². The van der Waals surface area contributed by atoms with Gasteiger partial charge in [0, 0.05) is 39.0 Å². The molecule has 1 aliphatic heterocycles. The Morgan fingerprint density at radius 1 is 1.30 bits per heavy atom. The van der Waals surface area contributed by atoms with Gasteiger partial charge in [0.25, 0.3) is 0 Å². The van der Waals surface area contributed by atoms with Crippen molar-refractivity contribution in [2.24, 2.45) is 5.92 Å². The molecule has 1 aliphatic rings. The first-order valence-electron chi connectivity index (χ1n) is 9.41. The number of halogens is 1. The lowest BCUT2D eigenvalue weighted by Gasteiger charge is -2.32. The molecule has 3 rings (SSSR count). The smallest absolute Gasteiger partial charge is 0.407 e. The SMILES string of the molecule is CN(CC1CCN(C(=O)O)CC1)c1cc(Nc2ccc(S(C)(=O)=O)cc2F)ncn1. The van der Waals surface area contributed by atoms with Crippen LogP contribution in [0.25, 0.3) is 0 Å². The number of hydrogen-bond donors (Lipinski definition) is 2. The van der Waals surface area contributed by atoms with Crippen LogP contribution in [0, 0.1) is 11.7 Å². The molecular weight excluding hydrogens is 413 g/mol. The predicted molar refractivity (Wildman–Crippen MR) is 110 cm³/mol. The number of benzene rings is 1. The van der Waals surface area contributed by atoms with E-state index in [1.54, 1.807) is 6.07 Å². The summed E-state index contributed by atoms with van der Waals surface area (Å²) in [5, 5.41) is 11.9. The summed E-state index contributed by atoms with van der Waals surface area (Å²) < 4.78 is 37.4. The van der Waals surface area contributed by atoms with Gasteiger partial charge < -0.3 is 20.2 Å². The first kappa shape index (κ1) is 21.8. The molecular formula is C19H24FN5O4S. The van der Waals surface area contributed by atoms with Crippen molar-refractivity contribution in [1.29, 1.82) is 0 Å². The van der Waals surface area contributed by atoms with Gasteiger partial charge in [-0.15, -0.1) is 0 Å². The number of nitrogens with one attached hydrogen (secondary N) is 1. The number of hydrogen-bond acceptors (Lipinski definition) is 7. The zero-order valence-corrected chi connectivity index (χ0v) is 17.6. The lowest BCUT2D eigenvalue weighted by Crippen LogP contribution is -2.40. The number of likely N-dealkylation sites (tertiary alicyclic amines) is 1. The van der Waals surface area contributed by atoms with Crippen molar-refractivity contribution < 1.29 is 22.7 Å². The molecule has 9 nitrogen and oxygen atoms in total. The molecule has 1 aromatic carbocycles. The average molecular weight is 437 g/mol. The summed E-state index contributed by atoms with van der Waals surface area (Å²) in [5.74, 6) is 0.662. The first-order valence-corrected chi connectivity index (χ1v) is 11.3. The number of piperidine rings is 1. The molecule has 162 valence electrons. The van der Waals surface area contributed by atoms with Gasteiger partial charge in [0.2, 0.25) is 0 Å². The molecule has 0 spiro atoms. The second kappa shape index (κ2) is 8.82. The summed E-state index contributed by atoms with van der Waals surface area (Å²) in [5.41, 5.74) is 0.107. The van der Waals surface area contributed by atoms with Crippen molar-refractivity contribution in [3.05, 3.63) is 36.4 Å². The average Bonchev–Trinajstić information content (AvgIpc) is 2.69. The van der Waals surface area contributed by atoms with Crippen LogP contribution in [0.2, 0.25) is 0 Å². The van der Waals surface area contributed by atoms with Gasteiger partial charge in [0.15, 0.2) is 9.84 Å². The number of nitrogens with zero attached hydrogens (tertiary/aromatic N) is 4. The highest BCUT2D eigenvalue weighted by molar-refractivity contribution is 7.90. The minimum absolute atomic E-state index is 0.0948. The summed E-state index contributed by atoms with van der Waals surface area (Å²) in [7, 11) is -1.60. The molecule has 1 saturated heterocycles. The van der Waals surface area contributed by atoms with E-state index in [1.807, 2.05) is 11.9 Å². The van der Waals surface area contributed by atoms with Crippen LogP contribution in [0.1, 0.15) is 12.8 Å². The minimum Gasteiger partial charge on any atom is -0.465 e. The van der Waals surface area contributed by atoms with Gasteiger partial charge >= 0.3 is 6.09 Å². The maximum atomic E-state index is 14.3. The van der Waals surface area contributed by atoms with E-state index in [0.29, 0.717) is 37.2 Å². The van der Waals surface area contributed by atoms with Crippen molar-refractivity contribution in [3.63, 3.8) is 0 Å². The largest absolute Gasteiger partial charge is 0.465 e. The molecule has 11 heteroatoms. The Hall–Kier alpha value is -2.95. The standard InChI is InChI=1S/C19H24FN5O4S/c1-24(11-13-5-7-25(8-6-13)19(26)27)18-10-17(21-12-22-18)23-16-4-3-14(9-15(16)20)30(2,28)29/h3-4,9-10,12-13H,5-8,11H2,1-2H3,(H,26,27)(H,21,22,23). The third-order valence-electron chi connectivity index (χ3n) is 5.09. The second-order valence-corrected chi connectivity index (χ2v) is 9.41. The highest BCUT2D eigenvalue weighted by atomic mass is 32.2. The molecule has 0 unspecified atom stereocenters. The number of sulfone groups is 1. The summed E-state index contributed by atoms with van der Waals surface area (Å²) in [4.78, 5) is 22.7. The van der Waals surface area contributed by atoms with Crippen LogP contribution in [0.4, 0.5) is 26.5 Å². The Kier molecular flexibility index (Phi) is 6.40. The van der Waals surface area contributed by atoms with Crippen LogP contribution < -0.4 is 10.2 Å². The van der Waals surface area contributed by atoms with E-state index in [2.05, 4.69) is 15.3 Å². The van der Waals surface area contributed by atoms with E-state index in [0.717, 1.165) is 25.2 Å². The fourth-order valence-corrected chi connectivity index (χ4v) is 4.01. The van der Waals surface area contributed by atoms with E-state index in [9.17, 15) is 17.6 Å². The Labute approximate surface area is 174 Å². The lowest BCUT2D eigenvalue weighted by atomic mass is 9.96. The van der Waals surface area contributed by atoms with Crippen LogP contribution in [-0.4, -0.2) is 67.4 Å².